The van der Waals surface area contributed by atoms with Crippen LogP contribution in [0, 0.1) is 6.92 Å². The fourth-order valence-corrected chi connectivity index (χ4v) is 2.27. The molecule has 1 aromatic carbocycles. The van der Waals surface area contributed by atoms with Crippen molar-refractivity contribution in [2.45, 2.75) is 26.8 Å². The highest BCUT2D eigenvalue weighted by molar-refractivity contribution is 5.25. The molecule has 0 saturated heterocycles. The lowest BCUT2D eigenvalue weighted by Gasteiger charge is -2.21. The topological polar surface area (TPSA) is 21.1 Å². The third kappa shape index (κ3) is 3.93. The number of rotatable bonds is 6. The maximum Gasteiger partial charge on any atom is 0.0522 e. The first-order chi connectivity index (χ1) is 9.19. The Kier molecular flexibility index (Phi) is 4.74. The summed E-state index contributed by atoms with van der Waals surface area (Å²) < 4.78 is 1.87. The number of likely N-dealkylation sites (N-methyl/N-ethyl adjacent to an activating group) is 1. The summed E-state index contributed by atoms with van der Waals surface area (Å²) >= 11 is 0. The second-order valence-electron chi connectivity index (χ2n) is 5.07. The van der Waals surface area contributed by atoms with E-state index < -0.39 is 0 Å². The summed E-state index contributed by atoms with van der Waals surface area (Å²) in [5.41, 5.74) is 4.11. The lowest BCUT2D eigenvalue weighted by molar-refractivity contribution is 0.283. The first kappa shape index (κ1) is 13.8. The van der Waals surface area contributed by atoms with Crippen molar-refractivity contribution in [2.24, 2.45) is 7.05 Å². The molecule has 1 heterocycles. The average molecular weight is 257 g/mol. The van der Waals surface area contributed by atoms with E-state index in [1.807, 2.05) is 17.9 Å². The molecule has 3 heteroatoms. The molecule has 0 radical (unpaired) electrons. The maximum absolute atomic E-state index is 4.22. The molecule has 2 rings (SSSR count). The predicted octanol–water partition coefficient (Wildman–Crippen LogP) is 2.79. The summed E-state index contributed by atoms with van der Waals surface area (Å²) in [6.45, 7) is 7.60. The minimum absolute atomic E-state index is 1.03. The fraction of sp³-hybridized carbons (Fsp3) is 0.438. The molecule has 0 N–H and O–H groups in total. The monoisotopic (exact) mass is 257 g/mol. The Morgan fingerprint density at radius 1 is 1.26 bits per heavy atom. The van der Waals surface area contributed by atoms with Gasteiger partial charge in [-0.05, 0) is 36.6 Å². The molecule has 102 valence electrons. The van der Waals surface area contributed by atoms with Gasteiger partial charge in [0.1, 0.15) is 0 Å². The van der Waals surface area contributed by atoms with E-state index in [-0.39, 0.29) is 0 Å². The number of aromatic nitrogens is 2. The molecule has 0 fully saturated rings. The molecule has 0 atom stereocenters. The zero-order chi connectivity index (χ0) is 13.7. The van der Waals surface area contributed by atoms with Crippen molar-refractivity contribution in [3.63, 3.8) is 0 Å². The van der Waals surface area contributed by atoms with Crippen LogP contribution in [0.4, 0.5) is 0 Å². The molecule has 0 unspecified atom stereocenters. The summed E-state index contributed by atoms with van der Waals surface area (Å²) in [6.07, 6.45) is 5.12. The van der Waals surface area contributed by atoms with Gasteiger partial charge in [0.2, 0.25) is 0 Å². The van der Waals surface area contributed by atoms with Gasteiger partial charge in [0.25, 0.3) is 0 Å². The molecule has 0 bridgehead atoms. The van der Waals surface area contributed by atoms with Crippen LogP contribution in [-0.4, -0.2) is 27.8 Å². The first-order valence-electron chi connectivity index (χ1n) is 6.93. The van der Waals surface area contributed by atoms with Crippen LogP contribution in [0.25, 0.3) is 0 Å². The Bertz CT molecular complexity index is 516. The molecule has 0 saturated carbocycles. The largest absolute Gasteiger partial charge is 0.299 e. The lowest BCUT2D eigenvalue weighted by atomic mass is 10.1. The van der Waals surface area contributed by atoms with Gasteiger partial charge in [-0.15, -0.1) is 0 Å². The Hall–Kier alpha value is -1.61. The van der Waals surface area contributed by atoms with Crippen LogP contribution in [0.2, 0.25) is 0 Å². The molecule has 2 aromatic rings. The van der Waals surface area contributed by atoms with Crippen molar-refractivity contribution in [1.29, 1.82) is 0 Å². The number of benzene rings is 1. The first-order valence-corrected chi connectivity index (χ1v) is 6.93. The van der Waals surface area contributed by atoms with Gasteiger partial charge in [-0.2, -0.15) is 5.10 Å². The Morgan fingerprint density at radius 3 is 2.68 bits per heavy atom. The van der Waals surface area contributed by atoms with E-state index in [4.69, 9.17) is 0 Å². The van der Waals surface area contributed by atoms with Gasteiger partial charge >= 0.3 is 0 Å². The van der Waals surface area contributed by atoms with Crippen molar-refractivity contribution in [2.75, 3.05) is 13.1 Å². The molecular formula is C16H23N3. The van der Waals surface area contributed by atoms with Gasteiger partial charge in [-0.1, -0.05) is 31.2 Å². The molecular weight excluding hydrogens is 234 g/mol. The van der Waals surface area contributed by atoms with Gasteiger partial charge < -0.3 is 0 Å². The molecule has 0 aliphatic rings. The van der Waals surface area contributed by atoms with E-state index in [1.165, 1.54) is 16.7 Å². The zero-order valence-corrected chi connectivity index (χ0v) is 12.1. The smallest absolute Gasteiger partial charge is 0.0522 e. The number of hydrogen-bond donors (Lipinski definition) is 0. The van der Waals surface area contributed by atoms with Gasteiger partial charge in [0, 0.05) is 26.3 Å². The number of aryl methyl sites for hydroxylation is 2. The minimum atomic E-state index is 1.03. The Balaban J connectivity index is 1.92. The average Bonchev–Trinajstić information content (AvgIpc) is 2.82. The van der Waals surface area contributed by atoms with E-state index in [2.05, 4.69) is 54.3 Å². The summed E-state index contributed by atoms with van der Waals surface area (Å²) in [4.78, 5) is 2.48. The third-order valence-electron chi connectivity index (χ3n) is 3.58. The second-order valence-corrected chi connectivity index (χ2v) is 5.07. The van der Waals surface area contributed by atoms with Gasteiger partial charge in [-0.3, -0.25) is 9.58 Å². The standard InChI is InChI=1S/C16H23N3/c1-4-19(10-9-15-11-17-18(3)12-15)13-16-8-6-5-7-14(16)2/h5-8,11-12H,4,9-10,13H2,1-3H3. The molecule has 0 amide bonds. The van der Waals surface area contributed by atoms with Crippen molar-refractivity contribution in [3.8, 4) is 0 Å². The van der Waals surface area contributed by atoms with Crippen LogP contribution in [0.1, 0.15) is 23.6 Å². The van der Waals surface area contributed by atoms with Crippen molar-refractivity contribution >= 4 is 0 Å². The van der Waals surface area contributed by atoms with Gasteiger partial charge in [0.15, 0.2) is 0 Å². The quantitative estimate of drug-likeness (QED) is 0.793. The molecule has 1 aromatic heterocycles. The summed E-state index contributed by atoms with van der Waals surface area (Å²) in [7, 11) is 1.97. The third-order valence-corrected chi connectivity index (χ3v) is 3.58. The Labute approximate surface area is 115 Å². The van der Waals surface area contributed by atoms with Crippen molar-refractivity contribution in [3.05, 3.63) is 53.3 Å². The number of hydrogen-bond acceptors (Lipinski definition) is 2. The van der Waals surface area contributed by atoms with E-state index in [0.29, 0.717) is 0 Å². The summed E-state index contributed by atoms with van der Waals surface area (Å²) in [6, 6.07) is 8.63. The van der Waals surface area contributed by atoms with Crippen LogP contribution >= 0.6 is 0 Å². The zero-order valence-electron chi connectivity index (χ0n) is 12.1. The minimum Gasteiger partial charge on any atom is -0.299 e. The van der Waals surface area contributed by atoms with Crippen LogP contribution in [0.15, 0.2) is 36.7 Å². The highest BCUT2D eigenvalue weighted by Crippen LogP contribution is 2.11. The van der Waals surface area contributed by atoms with Gasteiger partial charge in [0.05, 0.1) is 6.20 Å². The van der Waals surface area contributed by atoms with Gasteiger partial charge in [-0.25, -0.2) is 0 Å². The fourth-order valence-electron chi connectivity index (χ4n) is 2.27. The van der Waals surface area contributed by atoms with Crippen LogP contribution in [-0.2, 0) is 20.0 Å². The summed E-state index contributed by atoms with van der Waals surface area (Å²) in [5, 5.41) is 4.22. The second kappa shape index (κ2) is 6.53. The Morgan fingerprint density at radius 2 is 2.05 bits per heavy atom. The van der Waals surface area contributed by atoms with Crippen molar-refractivity contribution in [1.82, 2.24) is 14.7 Å². The summed E-state index contributed by atoms with van der Waals surface area (Å²) in [5.74, 6) is 0. The highest BCUT2D eigenvalue weighted by atomic mass is 15.2. The SMILES string of the molecule is CCN(CCc1cnn(C)c1)Cc1ccccc1C. The van der Waals surface area contributed by atoms with E-state index in [0.717, 1.165) is 26.1 Å². The predicted molar refractivity (Wildman–Crippen MR) is 79.0 cm³/mol. The van der Waals surface area contributed by atoms with Crippen LogP contribution in [0.5, 0.6) is 0 Å². The van der Waals surface area contributed by atoms with E-state index in [1.54, 1.807) is 0 Å². The molecule has 19 heavy (non-hydrogen) atoms. The molecule has 0 spiro atoms. The maximum atomic E-state index is 4.22. The number of nitrogens with zero attached hydrogens (tertiary/aromatic N) is 3. The van der Waals surface area contributed by atoms with Crippen LogP contribution < -0.4 is 0 Å². The van der Waals surface area contributed by atoms with E-state index in [9.17, 15) is 0 Å². The molecule has 0 aliphatic carbocycles. The van der Waals surface area contributed by atoms with Crippen molar-refractivity contribution < 1.29 is 0 Å². The molecule has 0 aliphatic heterocycles. The lowest BCUT2D eigenvalue weighted by Crippen LogP contribution is -2.25. The normalized spacial score (nSPS) is 11.2. The highest BCUT2D eigenvalue weighted by Gasteiger charge is 2.06. The molecule has 3 nitrogen and oxygen atoms in total. The van der Waals surface area contributed by atoms with E-state index >= 15 is 0 Å². The van der Waals surface area contributed by atoms with Crippen LogP contribution in [0.3, 0.4) is 0 Å².